The van der Waals surface area contributed by atoms with E-state index < -0.39 is 0 Å². The van der Waals surface area contributed by atoms with Crippen molar-refractivity contribution >= 4 is 11.6 Å². The first-order valence-electron chi connectivity index (χ1n) is 6.78. The summed E-state index contributed by atoms with van der Waals surface area (Å²) in [4.78, 5) is 14.0. The van der Waals surface area contributed by atoms with Crippen molar-refractivity contribution in [2.45, 2.75) is 32.7 Å². The number of benzene rings is 1. The number of nitrogens with two attached hydrogens (primary N) is 1. The second kappa shape index (κ2) is 8.53. The van der Waals surface area contributed by atoms with Crippen molar-refractivity contribution in [3.63, 3.8) is 0 Å². The van der Waals surface area contributed by atoms with E-state index in [1.165, 1.54) is 0 Å². The quantitative estimate of drug-likeness (QED) is 0.579. The highest BCUT2D eigenvalue weighted by atomic mass is 16.5. The highest BCUT2D eigenvalue weighted by Crippen LogP contribution is 2.11. The summed E-state index contributed by atoms with van der Waals surface area (Å²) in [5.41, 5.74) is 7.58. The van der Waals surface area contributed by atoms with E-state index in [4.69, 9.17) is 10.5 Å². The number of ether oxygens (including phenoxy) is 1. The summed E-state index contributed by atoms with van der Waals surface area (Å²) in [5.74, 6) is 0.182. The van der Waals surface area contributed by atoms with Crippen molar-refractivity contribution in [1.82, 2.24) is 4.90 Å². The molecule has 4 heteroatoms. The third-order valence-corrected chi connectivity index (χ3v) is 2.91. The highest BCUT2D eigenvalue weighted by Gasteiger charge is 2.12. The lowest BCUT2D eigenvalue weighted by Gasteiger charge is -2.22. The number of hydrogen-bond acceptors (Lipinski definition) is 3. The molecule has 4 nitrogen and oxygen atoms in total. The molecule has 0 aliphatic rings. The third-order valence-electron chi connectivity index (χ3n) is 2.91. The van der Waals surface area contributed by atoms with Crippen LogP contribution >= 0.6 is 0 Å². The number of carbonyl (C=O) groups is 1. The second-order valence-corrected chi connectivity index (χ2v) is 4.66. The number of rotatable bonds is 8. The Morgan fingerprint density at radius 1 is 1.42 bits per heavy atom. The maximum atomic E-state index is 12.1. The van der Waals surface area contributed by atoms with Crippen LogP contribution in [0.25, 0.3) is 0 Å². The zero-order chi connectivity index (χ0) is 14.1. The number of amides is 1. The monoisotopic (exact) mass is 264 g/mol. The smallest absolute Gasteiger partial charge is 0.222 e. The molecule has 0 radical (unpaired) electrons. The average molecular weight is 264 g/mol. The second-order valence-electron chi connectivity index (χ2n) is 4.66. The summed E-state index contributed by atoms with van der Waals surface area (Å²) in [7, 11) is 1.65. The van der Waals surface area contributed by atoms with Crippen LogP contribution in [0.4, 0.5) is 5.69 Å². The Labute approximate surface area is 115 Å². The van der Waals surface area contributed by atoms with Crippen LogP contribution in [0.3, 0.4) is 0 Å². The maximum absolute atomic E-state index is 12.1. The van der Waals surface area contributed by atoms with Crippen LogP contribution in [-0.4, -0.2) is 31.1 Å². The standard InChI is InChI=1S/C15H24N2O2/c1-3-9-17(15(18)8-5-10-19-2)12-13-6-4-7-14(16)11-13/h4,6-7,11H,3,5,8-10,12,16H2,1-2H3. The molecule has 1 aromatic rings. The molecule has 19 heavy (non-hydrogen) atoms. The van der Waals surface area contributed by atoms with Gasteiger partial charge in [-0.15, -0.1) is 0 Å². The van der Waals surface area contributed by atoms with E-state index in [2.05, 4.69) is 6.92 Å². The van der Waals surface area contributed by atoms with Gasteiger partial charge in [-0.05, 0) is 30.5 Å². The Morgan fingerprint density at radius 3 is 2.84 bits per heavy atom. The van der Waals surface area contributed by atoms with Gasteiger partial charge < -0.3 is 15.4 Å². The third kappa shape index (κ3) is 5.75. The molecule has 106 valence electrons. The Morgan fingerprint density at radius 2 is 2.21 bits per heavy atom. The molecule has 0 spiro atoms. The molecule has 1 aromatic carbocycles. The molecule has 0 fully saturated rings. The van der Waals surface area contributed by atoms with Gasteiger partial charge in [0.2, 0.25) is 5.91 Å². The molecule has 1 rings (SSSR count). The van der Waals surface area contributed by atoms with Crippen molar-refractivity contribution in [3.8, 4) is 0 Å². The maximum Gasteiger partial charge on any atom is 0.222 e. The number of anilines is 1. The van der Waals surface area contributed by atoms with Gasteiger partial charge >= 0.3 is 0 Å². The molecule has 0 aliphatic carbocycles. The summed E-state index contributed by atoms with van der Waals surface area (Å²) >= 11 is 0. The van der Waals surface area contributed by atoms with Crippen LogP contribution < -0.4 is 5.73 Å². The molecular formula is C15H24N2O2. The Hall–Kier alpha value is -1.55. The van der Waals surface area contributed by atoms with Crippen LogP contribution in [0.15, 0.2) is 24.3 Å². The predicted molar refractivity (Wildman–Crippen MR) is 77.7 cm³/mol. The van der Waals surface area contributed by atoms with E-state index in [9.17, 15) is 4.79 Å². The lowest BCUT2D eigenvalue weighted by atomic mass is 10.1. The van der Waals surface area contributed by atoms with Gasteiger partial charge in [-0.1, -0.05) is 19.1 Å². The molecule has 0 saturated carbocycles. The van der Waals surface area contributed by atoms with Crippen LogP contribution in [0, 0.1) is 0 Å². The van der Waals surface area contributed by atoms with Gasteiger partial charge in [0, 0.05) is 38.9 Å². The van der Waals surface area contributed by atoms with E-state index >= 15 is 0 Å². The number of nitrogens with zero attached hydrogens (tertiary/aromatic N) is 1. The average Bonchev–Trinajstić information content (AvgIpc) is 2.38. The summed E-state index contributed by atoms with van der Waals surface area (Å²) in [6, 6.07) is 7.70. The topological polar surface area (TPSA) is 55.6 Å². The first-order valence-corrected chi connectivity index (χ1v) is 6.78. The molecule has 0 heterocycles. The van der Waals surface area contributed by atoms with E-state index in [0.717, 1.165) is 30.6 Å². The van der Waals surface area contributed by atoms with E-state index in [0.29, 0.717) is 19.6 Å². The number of nitrogen functional groups attached to an aromatic ring is 1. The summed E-state index contributed by atoms with van der Waals surface area (Å²) in [6.45, 7) is 4.12. The zero-order valence-corrected chi connectivity index (χ0v) is 11.9. The predicted octanol–water partition coefficient (Wildman–Crippen LogP) is 2.43. The highest BCUT2D eigenvalue weighted by molar-refractivity contribution is 5.76. The van der Waals surface area contributed by atoms with Crippen molar-refractivity contribution in [2.24, 2.45) is 0 Å². The molecule has 0 saturated heterocycles. The van der Waals surface area contributed by atoms with Gasteiger partial charge in [-0.25, -0.2) is 0 Å². The minimum Gasteiger partial charge on any atom is -0.399 e. The Kier molecular flexibility index (Phi) is 6.97. The van der Waals surface area contributed by atoms with Crippen molar-refractivity contribution in [1.29, 1.82) is 0 Å². The molecule has 1 amide bonds. The van der Waals surface area contributed by atoms with Gasteiger partial charge in [-0.2, -0.15) is 0 Å². The van der Waals surface area contributed by atoms with Crippen molar-refractivity contribution in [2.75, 3.05) is 26.0 Å². The molecular weight excluding hydrogens is 240 g/mol. The molecule has 0 aromatic heterocycles. The fraction of sp³-hybridized carbons (Fsp3) is 0.533. The van der Waals surface area contributed by atoms with Crippen LogP contribution in [0.2, 0.25) is 0 Å². The molecule has 0 atom stereocenters. The van der Waals surface area contributed by atoms with Gasteiger partial charge in [-0.3, -0.25) is 4.79 Å². The lowest BCUT2D eigenvalue weighted by molar-refractivity contribution is -0.132. The number of methoxy groups -OCH3 is 1. The molecule has 2 N–H and O–H groups in total. The van der Waals surface area contributed by atoms with Crippen LogP contribution in [0.1, 0.15) is 31.7 Å². The van der Waals surface area contributed by atoms with Crippen LogP contribution in [-0.2, 0) is 16.1 Å². The summed E-state index contributed by atoms with van der Waals surface area (Å²) < 4.78 is 4.98. The SMILES string of the molecule is CCCN(Cc1cccc(N)c1)C(=O)CCCOC. The molecule has 0 aliphatic heterocycles. The zero-order valence-electron chi connectivity index (χ0n) is 11.9. The van der Waals surface area contributed by atoms with Gasteiger partial charge in [0.15, 0.2) is 0 Å². The number of carbonyl (C=O) groups excluding carboxylic acids is 1. The van der Waals surface area contributed by atoms with Gasteiger partial charge in [0.05, 0.1) is 0 Å². The first-order chi connectivity index (χ1) is 9.17. The fourth-order valence-corrected chi connectivity index (χ4v) is 2.00. The Balaban J connectivity index is 2.58. The first kappa shape index (κ1) is 15.5. The van der Waals surface area contributed by atoms with Crippen molar-refractivity contribution in [3.05, 3.63) is 29.8 Å². The van der Waals surface area contributed by atoms with Crippen LogP contribution in [0.5, 0.6) is 0 Å². The fourth-order valence-electron chi connectivity index (χ4n) is 2.00. The minimum atomic E-state index is 0.182. The van der Waals surface area contributed by atoms with E-state index in [1.54, 1.807) is 7.11 Å². The Bertz CT molecular complexity index is 393. The van der Waals surface area contributed by atoms with Gasteiger partial charge in [0.1, 0.15) is 0 Å². The summed E-state index contributed by atoms with van der Waals surface area (Å²) in [5, 5.41) is 0. The number of hydrogen-bond donors (Lipinski definition) is 1. The lowest BCUT2D eigenvalue weighted by Crippen LogP contribution is -2.31. The summed E-state index contributed by atoms with van der Waals surface area (Å²) in [6.07, 6.45) is 2.26. The van der Waals surface area contributed by atoms with Gasteiger partial charge in [0.25, 0.3) is 0 Å². The largest absolute Gasteiger partial charge is 0.399 e. The molecule has 0 bridgehead atoms. The van der Waals surface area contributed by atoms with E-state index in [-0.39, 0.29) is 5.91 Å². The normalized spacial score (nSPS) is 10.4. The molecule has 0 unspecified atom stereocenters. The van der Waals surface area contributed by atoms with E-state index in [1.807, 2.05) is 29.2 Å². The minimum absolute atomic E-state index is 0.182. The van der Waals surface area contributed by atoms with Crippen molar-refractivity contribution < 1.29 is 9.53 Å².